The van der Waals surface area contributed by atoms with Crippen molar-refractivity contribution < 1.29 is 28.4 Å². The lowest BCUT2D eigenvalue weighted by Crippen LogP contribution is -2.52. The summed E-state index contributed by atoms with van der Waals surface area (Å²) in [5.74, 6) is 1.11. The maximum absolute atomic E-state index is 13.1. The lowest BCUT2D eigenvalue weighted by atomic mass is 10.0. The van der Waals surface area contributed by atoms with Crippen LogP contribution in [0.1, 0.15) is 64.2 Å². The number of ether oxygens (including phenoxy) is 2. The van der Waals surface area contributed by atoms with Crippen molar-refractivity contribution in [3.05, 3.63) is 106 Å². The smallest absolute Gasteiger partial charge is 0.255 e. The number of carbonyl (C=O) groups excluding carboxylic acids is 3. The Kier molecular flexibility index (Phi) is 11.6. The van der Waals surface area contributed by atoms with E-state index in [1.165, 1.54) is 0 Å². The Hall–Kier alpha value is -4.77. The van der Waals surface area contributed by atoms with Crippen LogP contribution in [0.15, 0.2) is 66.9 Å². The highest BCUT2D eigenvalue weighted by Crippen LogP contribution is 2.37. The number of piperidine rings is 2. The zero-order chi connectivity index (χ0) is 38.7. The third-order valence-electron chi connectivity index (χ3n) is 10.6. The topological polar surface area (TPSA) is 143 Å². The molecule has 0 aliphatic carbocycles. The zero-order valence-electron chi connectivity index (χ0n) is 31.3. The van der Waals surface area contributed by atoms with E-state index in [-0.39, 0.29) is 24.8 Å². The second-order valence-corrected chi connectivity index (χ2v) is 18.2. The van der Waals surface area contributed by atoms with Gasteiger partial charge in [0, 0.05) is 84.9 Å². The molecular weight excluding hydrogens is 739 g/mol. The first-order valence-electron chi connectivity index (χ1n) is 18.7. The van der Waals surface area contributed by atoms with E-state index >= 15 is 0 Å². The van der Waals surface area contributed by atoms with Gasteiger partial charge in [0.25, 0.3) is 5.91 Å². The second-order valence-electron chi connectivity index (χ2n) is 14.7. The molecule has 1 aromatic heterocycles. The maximum atomic E-state index is 13.1. The molecule has 12 nitrogen and oxygen atoms in total. The van der Waals surface area contributed by atoms with E-state index in [1.54, 1.807) is 43.7 Å². The van der Waals surface area contributed by atoms with Gasteiger partial charge >= 0.3 is 0 Å². The van der Waals surface area contributed by atoms with Crippen molar-refractivity contribution >= 4 is 47.5 Å². The normalized spacial score (nSPS) is 17.7. The standard InChI is InChI=1S/C41H46ClN6O6P/c1-53-36-23-29(12-11-26(36)22-38-44-24-32(42)33(45-38)21-27-7-4-5-10-37(27)55(2,3)52)47-18-15-28(16-19-47)43-17-20-54-35-9-6-8-30-31(35)25-48(41(30)51)34-13-14-39(49)46-40(34)50/h4-12,23-24,28,34,43H,13-22,25H2,1-3H3,(H,46,49,50). The van der Waals surface area contributed by atoms with Crippen LogP contribution in [0.3, 0.4) is 0 Å². The number of imide groups is 1. The van der Waals surface area contributed by atoms with Gasteiger partial charge in [0.05, 0.1) is 24.4 Å². The number of fused-ring (bicyclic) bond motifs is 1. The molecular formula is C41H46ClN6O6P. The zero-order valence-corrected chi connectivity index (χ0v) is 33.0. The number of methoxy groups -OCH3 is 1. The van der Waals surface area contributed by atoms with Crippen LogP contribution in [0.5, 0.6) is 11.5 Å². The quantitative estimate of drug-likeness (QED) is 0.109. The van der Waals surface area contributed by atoms with Gasteiger partial charge in [0.2, 0.25) is 11.8 Å². The molecule has 1 unspecified atom stereocenters. The Bertz CT molecular complexity index is 2150. The average Bonchev–Trinajstić information content (AvgIpc) is 3.51. The van der Waals surface area contributed by atoms with Gasteiger partial charge < -0.3 is 29.2 Å². The van der Waals surface area contributed by atoms with Crippen LogP contribution in [0.2, 0.25) is 5.02 Å². The largest absolute Gasteiger partial charge is 0.496 e. The summed E-state index contributed by atoms with van der Waals surface area (Å²) in [6.07, 6.45) is 5.06. The number of benzene rings is 3. The molecule has 55 heavy (non-hydrogen) atoms. The van der Waals surface area contributed by atoms with Gasteiger partial charge in [-0.3, -0.25) is 19.7 Å². The van der Waals surface area contributed by atoms with Crippen LogP contribution < -0.4 is 30.3 Å². The summed E-state index contributed by atoms with van der Waals surface area (Å²) < 4.78 is 24.9. The predicted molar refractivity (Wildman–Crippen MR) is 212 cm³/mol. The SMILES string of the molecule is COc1cc(N2CCC(NCCOc3cccc4c3CN(C3CCC(=O)NC3=O)C4=O)CC2)ccc1Cc1ncc(Cl)c(Cc2ccccc2P(C)(C)=O)n1. The van der Waals surface area contributed by atoms with E-state index in [0.717, 1.165) is 59.4 Å². The summed E-state index contributed by atoms with van der Waals surface area (Å²) in [4.78, 5) is 50.4. The van der Waals surface area contributed by atoms with E-state index in [4.69, 9.17) is 26.1 Å². The van der Waals surface area contributed by atoms with E-state index < -0.39 is 19.1 Å². The summed E-state index contributed by atoms with van der Waals surface area (Å²) in [6, 6.07) is 19.1. The summed E-state index contributed by atoms with van der Waals surface area (Å²) >= 11 is 6.54. The molecule has 2 saturated heterocycles. The summed E-state index contributed by atoms with van der Waals surface area (Å²) in [6.45, 7) is 6.70. The highest BCUT2D eigenvalue weighted by atomic mass is 35.5. The fourth-order valence-corrected chi connectivity index (χ4v) is 9.17. The number of amides is 3. The monoisotopic (exact) mass is 784 g/mol. The van der Waals surface area contributed by atoms with Gasteiger partial charge in [-0.15, -0.1) is 0 Å². The second kappa shape index (κ2) is 16.5. The number of nitrogens with zero attached hydrogens (tertiary/aromatic N) is 4. The van der Waals surface area contributed by atoms with Crippen molar-refractivity contribution in [1.29, 1.82) is 0 Å². The van der Waals surface area contributed by atoms with E-state index in [0.29, 0.717) is 66.3 Å². The van der Waals surface area contributed by atoms with Crippen molar-refractivity contribution in [1.82, 2.24) is 25.5 Å². The van der Waals surface area contributed by atoms with Crippen molar-refractivity contribution in [3.8, 4) is 11.5 Å². The molecule has 0 spiro atoms. The number of nitrogens with one attached hydrogen (secondary N) is 2. The van der Waals surface area contributed by atoms with Gasteiger partial charge in [-0.2, -0.15) is 0 Å². The molecule has 2 fully saturated rings. The van der Waals surface area contributed by atoms with Crippen LogP contribution in [0, 0.1) is 0 Å². The molecule has 3 amide bonds. The molecule has 3 aliphatic rings. The van der Waals surface area contributed by atoms with Gasteiger partial charge in [0.1, 0.15) is 37.1 Å². The fourth-order valence-electron chi connectivity index (χ4n) is 7.72. The lowest BCUT2D eigenvalue weighted by molar-refractivity contribution is -0.136. The van der Waals surface area contributed by atoms with Crippen molar-refractivity contribution in [2.75, 3.05) is 51.6 Å². The van der Waals surface area contributed by atoms with Gasteiger partial charge in [-0.25, -0.2) is 9.97 Å². The van der Waals surface area contributed by atoms with E-state index in [2.05, 4.69) is 38.7 Å². The Balaban J connectivity index is 0.903. The number of anilines is 1. The van der Waals surface area contributed by atoms with E-state index in [1.807, 2.05) is 30.3 Å². The number of hydrogen-bond donors (Lipinski definition) is 2. The number of carbonyl (C=O) groups is 3. The summed E-state index contributed by atoms with van der Waals surface area (Å²) in [5, 5.41) is 7.29. The van der Waals surface area contributed by atoms with Crippen molar-refractivity contribution in [3.63, 3.8) is 0 Å². The molecule has 0 radical (unpaired) electrons. The first-order valence-corrected chi connectivity index (χ1v) is 21.6. The minimum Gasteiger partial charge on any atom is -0.496 e. The summed E-state index contributed by atoms with van der Waals surface area (Å²) in [7, 11) is -0.799. The molecule has 4 aromatic rings. The molecule has 4 heterocycles. The Labute approximate surface area is 326 Å². The molecule has 1 atom stereocenters. The molecule has 3 aliphatic heterocycles. The Morgan fingerprint density at radius 3 is 2.53 bits per heavy atom. The third kappa shape index (κ3) is 8.72. The van der Waals surface area contributed by atoms with Gasteiger partial charge in [-0.05, 0) is 56.4 Å². The highest BCUT2D eigenvalue weighted by Gasteiger charge is 2.40. The molecule has 3 aromatic carbocycles. The molecule has 2 N–H and O–H groups in total. The highest BCUT2D eigenvalue weighted by molar-refractivity contribution is 7.70. The molecule has 14 heteroatoms. The number of aromatic nitrogens is 2. The minimum absolute atomic E-state index is 0.210. The van der Waals surface area contributed by atoms with Crippen LogP contribution in [0.4, 0.5) is 5.69 Å². The average molecular weight is 785 g/mol. The van der Waals surface area contributed by atoms with Crippen LogP contribution in [-0.4, -0.2) is 91.4 Å². The fraction of sp³-hybridized carbons (Fsp3) is 0.390. The summed E-state index contributed by atoms with van der Waals surface area (Å²) in [5.41, 5.74) is 5.04. The molecule has 288 valence electrons. The van der Waals surface area contributed by atoms with E-state index in [9.17, 15) is 18.9 Å². The molecule has 0 saturated carbocycles. The van der Waals surface area contributed by atoms with Crippen LogP contribution in [0.25, 0.3) is 0 Å². The van der Waals surface area contributed by atoms with Gasteiger partial charge in [-0.1, -0.05) is 48.0 Å². The lowest BCUT2D eigenvalue weighted by Gasteiger charge is -2.34. The number of hydrogen-bond acceptors (Lipinski definition) is 10. The number of rotatable bonds is 13. The number of halogens is 1. The Morgan fingerprint density at radius 2 is 1.76 bits per heavy atom. The van der Waals surface area contributed by atoms with Crippen LogP contribution in [-0.2, 0) is 33.5 Å². The molecule has 0 bridgehead atoms. The Morgan fingerprint density at radius 1 is 0.964 bits per heavy atom. The first-order chi connectivity index (χ1) is 26.5. The van der Waals surface area contributed by atoms with Gasteiger partial charge in [0.15, 0.2) is 0 Å². The maximum Gasteiger partial charge on any atom is 0.255 e. The van der Waals surface area contributed by atoms with Crippen molar-refractivity contribution in [2.24, 2.45) is 0 Å². The minimum atomic E-state index is -2.48. The third-order valence-corrected chi connectivity index (χ3v) is 12.5. The van der Waals surface area contributed by atoms with Crippen molar-refractivity contribution in [2.45, 2.75) is 57.2 Å². The first kappa shape index (κ1) is 38.5. The predicted octanol–water partition coefficient (Wildman–Crippen LogP) is 4.97. The van der Waals surface area contributed by atoms with Crippen LogP contribution >= 0.6 is 18.7 Å². The molecule has 7 rings (SSSR count).